The Balaban J connectivity index is 1.56. The molecule has 0 N–H and O–H groups in total. The molecule has 0 fully saturated rings. The van der Waals surface area contributed by atoms with Gasteiger partial charge in [0.15, 0.2) is 6.29 Å². The highest BCUT2D eigenvalue weighted by Crippen LogP contribution is 2.13. The Bertz CT molecular complexity index is 607. The molecule has 0 aliphatic heterocycles. The van der Waals surface area contributed by atoms with Crippen LogP contribution in [0.2, 0.25) is 0 Å². The second-order valence-electron chi connectivity index (χ2n) is 6.05. The van der Waals surface area contributed by atoms with Gasteiger partial charge in [0.1, 0.15) is 0 Å². The van der Waals surface area contributed by atoms with Crippen LogP contribution in [0.15, 0.2) is 91.0 Å². The first-order valence-electron chi connectivity index (χ1n) is 8.75. The molecule has 0 aromatic heterocycles. The molecule has 128 valence electrons. The third-order valence-electron chi connectivity index (χ3n) is 4.07. The normalized spacial score (nSPS) is 10.9. The SMILES string of the molecule is c1ccc(CCC(OCc2ccccc2)OCc2ccccc2)cc1. The zero-order chi connectivity index (χ0) is 17.2. The predicted molar refractivity (Wildman–Crippen MR) is 101 cm³/mol. The van der Waals surface area contributed by atoms with Crippen molar-refractivity contribution in [3.8, 4) is 0 Å². The van der Waals surface area contributed by atoms with Crippen molar-refractivity contribution in [2.75, 3.05) is 0 Å². The standard InChI is InChI=1S/C23H24O2/c1-4-10-20(11-5-1)16-17-23(24-18-21-12-6-2-7-13-21)25-19-22-14-8-3-9-15-22/h1-15,23H,16-19H2. The molecule has 0 aliphatic rings. The Hall–Kier alpha value is -2.42. The third-order valence-corrected chi connectivity index (χ3v) is 4.07. The van der Waals surface area contributed by atoms with Crippen LogP contribution < -0.4 is 0 Å². The Morgan fingerprint density at radius 3 is 1.36 bits per heavy atom. The van der Waals surface area contributed by atoms with Crippen LogP contribution in [0.4, 0.5) is 0 Å². The van der Waals surface area contributed by atoms with E-state index in [-0.39, 0.29) is 6.29 Å². The van der Waals surface area contributed by atoms with Crippen LogP contribution >= 0.6 is 0 Å². The van der Waals surface area contributed by atoms with Crippen LogP contribution in [0.1, 0.15) is 23.1 Å². The number of rotatable bonds is 9. The average Bonchev–Trinajstić information content (AvgIpc) is 2.70. The fourth-order valence-electron chi connectivity index (χ4n) is 2.67. The summed E-state index contributed by atoms with van der Waals surface area (Å²) in [5, 5.41) is 0. The molecule has 3 aromatic rings. The molecule has 0 atom stereocenters. The Labute approximate surface area is 150 Å². The van der Waals surface area contributed by atoms with Crippen LogP contribution in [-0.2, 0) is 29.1 Å². The van der Waals surface area contributed by atoms with Gasteiger partial charge < -0.3 is 9.47 Å². The molecule has 0 spiro atoms. The number of hydrogen-bond acceptors (Lipinski definition) is 2. The summed E-state index contributed by atoms with van der Waals surface area (Å²) in [5.41, 5.74) is 3.63. The lowest BCUT2D eigenvalue weighted by atomic mass is 10.1. The maximum absolute atomic E-state index is 6.05. The van der Waals surface area contributed by atoms with E-state index in [2.05, 4.69) is 48.5 Å². The number of hydrogen-bond donors (Lipinski definition) is 0. The molecule has 2 nitrogen and oxygen atoms in total. The van der Waals surface area contributed by atoms with Gasteiger partial charge in [-0.15, -0.1) is 0 Å². The van der Waals surface area contributed by atoms with E-state index in [0.29, 0.717) is 13.2 Å². The van der Waals surface area contributed by atoms with Gasteiger partial charge in [-0.05, 0) is 23.1 Å². The van der Waals surface area contributed by atoms with Gasteiger partial charge in [0.2, 0.25) is 0 Å². The minimum atomic E-state index is -0.222. The monoisotopic (exact) mass is 332 g/mol. The lowest BCUT2D eigenvalue weighted by molar-refractivity contribution is -0.159. The summed E-state index contributed by atoms with van der Waals surface area (Å²) < 4.78 is 12.1. The van der Waals surface area contributed by atoms with Gasteiger partial charge in [0, 0.05) is 6.42 Å². The quantitative estimate of drug-likeness (QED) is 0.490. The van der Waals surface area contributed by atoms with Crippen LogP contribution in [-0.4, -0.2) is 6.29 Å². The highest BCUT2D eigenvalue weighted by molar-refractivity contribution is 5.15. The highest BCUT2D eigenvalue weighted by atomic mass is 16.7. The molecule has 3 aromatic carbocycles. The van der Waals surface area contributed by atoms with Crippen molar-refractivity contribution >= 4 is 0 Å². The second kappa shape index (κ2) is 9.77. The topological polar surface area (TPSA) is 18.5 Å². The van der Waals surface area contributed by atoms with E-state index in [1.54, 1.807) is 0 Å². The predicted octanol–water partition coefficient (Wildman–Crippen LogP) is 5.38. The van der Waals surface area contributed by atoms with Gasteiger partial charge in [-0.1, -0.05) is 91.0 Å². The van der Waals surface area contributed by atoms with E-state index in [1.165, 1.54) is 5.56 Å². The fraction of sp³-hybridized carbons (Fsp3) is 0.217. The van der Waals surface area contributed by atoms with E-state index in [9.17, 15) is 0 Å². The average molecular weight is 332 g/mol. The molecule has 0 heterocycles. The first-order valence-corrected chi connectivity index (χ1v) is 8.75. The maximum atomic E-state index is 6.05. The van der Waals surface area contributed by atoms with E-state index in [4.69, 9.17) is 9.47 Å². The van der Waals surface area contributed by atoms with Crippen molar-refractivity contribution < 1.29 is 9.47 Å². The van der Waals surface area contributed by atoms with Crippen molar-refractivity contribution in [2.24, 2.45) is 0 Å². The van der Waals surface area contributed by atoms with E-state index in [1.807, 2.05) is 42.5 Å². The highest BCUT2D eigenvalue weighted by Gasteiger charge is 2.11. The van der Waals surface area contributed by atoms with Crippen molar-refractivity contribution in [3.05, 3.63) is 108 Å². The summed E-state index contributed by atoms with van der Waals surface area (Å²) in [6.45, 7) is 1.13. The number of ether oxygens (including phenoxy) is 2. The lowest BCUT2D eigenvalue weighted by Gasteiger charge is -2.19. The molecule has 0 amide bonds. The molecule has 0 saturated carbocycles. The summed E-state index contributed by atoms with van der Waals surface area (Å²) in [4.78, 5) is 0. The van der Waals surface area contributed by atoms with Crippen molar-refractivity contribution in [1.82, 2.24) is 0 Å². The molecule has 0 saturated heterocycles. The first-order chi connectivity index (χ1) is 12.4. The minimum Gasteiger partial charge on any atom is -0.348 e. The summed E-state index contributed by atoms with van der Waals surface area (Å²) in [5.74, 6) is 0. The molecule has 0 radical (unpaired) electrons. The third kappa shape index (κ3) is 6.18. The molecule has 2 heteroatoms. The van der Waals surface area contributed by atoms with Crippen LogP contribution in [0, 0.1) is 0 Å². The van der Waals surface area contributed by atoms with Gasteiger partial charge in [-0.25, -0.2) is 0 Å². The van der Waals surface area contributed by atoms with Crippen LogP contribution in [0.3, 0.4) is 0 Å². The summed E-state index contributed by atoms with van der Waals surface area (Å²) in [6.07, 6.45) is 1.55. The molecular formula is C23H24O2. The van der Waals surface area contributed by atoms with E-state index >= 15 is 0 Å². The second-order valence-corrected chi connectivity index (χ2v) is 6.05. The van der Waals surface area contributed by atoms with Gasteiger partial charge in [-0.2, -0.15) is 0 Å². The molecule has 0 bridgehead atoms. The van der Waals surface area contributed by atoms with Crippen molar-refractivity contribution in [2.45, 2.75) is 32.3 Å². The van der Waals surface area contributed by atoms with Gasteiger partial charge >= 0.3 is 0 Å². The molecule has 3 rings (SSSR count). The molecule has 0 unspecified atom stereocenters. The first kappa shape index (κ1) is 17.4. The zero-order valence-electron chi connectivity index (χ0n) is 14.4. The maximum Gasteiger partial charge on any atom is 0.158 e. The number of benzene rings is 3. The summed E-state index contributed by atoms with van der Waals surface area (Å²) in [6, 6.07) is 30.9. The zero-order valence-corrected chi connectivity index (χ0v) is 14.4. The Kier molecular flexibility index (Phi) is 6.80. The lowest BCUT2D eigenvalue weighted by Crippen LogP contribution is -2.18. The molecule has 0 aliphatic carbocycles. The summed E-state index contributed by atoms with van der Waals surface area (Å²) >= 11 is 0. The minimum absolute atomic E-state index is 0.222. The van der Waals surface area contributed by atoms with Crippen molar-refractivity contribution in [3.63, 3.8) is 0 Å². The fourth-order valence-corrected chi connectivity index (χ4v) is 2.67. The van der Waals surface area contributed by atoms with Crippen molar-refractivity contribution in [1.29, 1.82) is 0 Å². The smallest absolute Gasteiger partial charge is 0.158 e. The van der Waals surface area contributed by atoms with Gasteiger partial charge in [0.25, 0.3) is 0 Å². The number of aryl methyl sites for hydroxylation is 1. The van der Waals surface area contributed by atoms with Crippen LogP contribution in [0.25, 0.3) is 0 Å². The Morgan fingerprint density at radius 1 is 0.520 bits per heavy atom. The van der Waals surface area contributed by atoms with Gasteiger partial charge in [0.05, 0.1) is 13.2 Å². The Morgan fingerprint density at radius 2 is 0.920 bits per heavy atom. The largest absolute Gasteiger partial charge is 0.348 e. The molecule has 25 heavy (non-hydrogen) atoms. The summed E-state index contributed by atoms with van der Waals surface area (Å²) in [7, 11) is 0. The molecular weight excluding hydrogens is 308 g/mol. The van der Waals surface area contributed by atoms with Gasteiger partial charge in [-0.3, -0.25) is 0 Å². The van der Waals surface area contributed by atoms with E-state index in [0.717, 1.165) is 24.0 Å². The van der Waals surface area contributed by atoms with Crippen LogP contribution in [0.5, 0.6) is 0 Å². The van der Waals surface area contributed by atoms with E-state index < -0.39 is 0 Å².